The molecule has 0 N–H and O–H groups in total. The minimum atomic E-state index is -0.252. The lowest BCUT2D eigenvalue weighted by atomic mass is 9.71. The van der Waals surface area contributed by atoms with Crippen molar-refractivity contribution in [2.24, 2.45) is 11.3 Å². The van der Waals surface area contributed by atoms with Gasteiger partial charge < -0.3 is 4.74 Å². The number of hydrogen-bond donors (Lipinski definition) is 0. The molecule has 0 spiro atoms. The van der Waals surface area contributed by atoms with Gasteiger partial charge in [0.15, 0.2) is 0 Å². The molecule has 0 bridgehead atoms. The zero-order chi connectivity index (χ0) is 15.2. The van der Waals surface area contributed by atoms with E-state index >= 15 is 0 Å². The van der Waals surface area contributed by atoms with Gasteiger partial charge in [-0.2, -0.15) is 0 Å². The molecule has 3 nitrogen and oxygen atoms in total. The fraction of sp³-hybridized carbons (Fsp3) is 0.647. The fourth-order valence-electron chi connectivity index (χ4n) is 3.05. The summed E-state index contributed by atoms with van der Waals surface area (Å²) in [4.78, 5) is 15.9. The predicted octanol–water partition coefficient (Wildman–Crippen LogP) is 4.48. The molecule has 1 aliphatic rings. The highest BCUT2D eigenvalue weighted by Crippen LogP contribution is 2.39. The second-order valence-corrected chi connectivity index (χ2v) is 6.18. The van der Waals surface area contributed by atoms with Crippen LogP contribution < -0.4 is 0 Å². The number of aromatic nitrogens is 1. The maximum Gasteiger partial charge on any atom is 0.339 e. The molecular formula is C17H27NO2. The van der Waals surface area contributed by atoms with E-state index in [1.54, 1.807) is 24.5 Å². The molecule has 1 aromatic rings. The molecule has 20 heavy (non-hydrogen) atoms. The Morgan fingerprint density at radius 3 is 2.60 bits per heavy atom. The molecule has 112 valence electrons. The number of carbonyl (C=O) groups is 1. The molecule has 2 atom stereocenters. The van der Waals surface area contributed by atoms with Crippen molar-refractivity contribution in [2.75, 3.05) is 0 Å². The topological polar surface area (TPSA) is 39.2 Å². The van der Waals surface area contributed by atoms with Crippen molar-refractivity contribution in [3.63, 3.8) is 0 Å². The summed E-state index contributed by atoms with van der Waals surface area (Å²) in [5.41, 5.74) is 0.797. The van der Waals surface area contributed by atoms with Gasteiger partial charge in [-0.25, -0.2) is 4.79 Å². The first kappa shape index (κ1) is 16.7. The number of nitrogens with zero attached hydrogens (tertiary/aromatic N) is 1. The molecule has 1 fully saturated rings. The van der Waals surface area contributed by atoms with E-state index in [9.17, 15) is 4.79 Å². The molecule has 2 rings (SSSR count). The lowest BCUT2D eigenvalue weighted by Crippen LogP contribution is -2.34. The lowest BCUT2D eigenvalue weighted by molar-refractivity contribution is -0.00717. The summed E-state index contributed by atoms with van der Waals surface area (Å²) in [6, 6.07) is 3.50. The van der Waals surface area contributed by atoms with Gasteiger partial charge in [-0.15, -0.1) is 0 Å². The SMILES string of the molecule is CC.C[C@@H]1C[C@@H](OC(=O)c2cccnc2)CC(C)(C)C1. The minimum absolute atomic E-state index is 0.0384. The van der Waals surface area contributed by atoms with Crippen LogP contribution in [-0.4, -0.2) is 17.1 Å². The number of esters is 1. The van der Waals surface area contributed by atoms with Crippen molar-refractivity contribution in [2.45, 2.75) is 60.0 Å². The van der Waals surface area contributed by atoms with Crippen LogP contribution >= 0.6 is 0 Å². The molecule has 0 aromatic carbocycles. The van der Waals surface area contributed by atoms with Gasteiger partial charge in [-0.3, -0.25) is 4.98 Å². The van der Waals surface area contributed by atoms with Crippen molar-refractivity contribution < 1.29 is 9.53 Å². The van der Waals surface area contributed by atoms with Crippen LogP contribution in [0.2, 0.25) is 0 Å². The largest absolute Gasteiger partial charge is 0.459 e. The molecule has 0 saturated heterocycles. The Morgan fingerprint density at radius 2 is 2.05 bits per heavy atom. The van der Waals surface area contributed by atoms with E-state index in [1.807, 2.05) is 13.8 Å². The summed E-state index contributed by atoms with van der Waals surface area (Å²) < 4.78 is 5.60. The quantitative estimate of drug-likeness (QED) is 0.748. The summed E-state index contributed by atoms with van der Waals surface area (Å²) in [6.07, 6.45) is 6.37. The van der Waals surface area contributed by atoms with E-state index in [4.69, 9.17) is 4.74 Å². The fourth-order valence-corrected chi connectivity index (χ4v) is 3.05. The Bertz CT molecular complexity index is 414. The summed E-state index contributed by atoms with van der Waals surface area (Å²) in [6.45, 7) is 10.7. The van der Waals surface area contributed by atoms with Gasteiger partial charge in [0.05, 0.1) is 5.56 Å². The van der Waals surface area contributed by atoms with E-state index in [2.05, 4.69) is 25.8 Å². The normalized spacial score (nSPS) is 24.2. The van der Waals surface area contributed by atoms with E-state index in [-0.39, 0.29) is 17.5 Å². The molecule has 1 saturated carbocycles. The second-order valence-electron chi connectivity index (χ2n) is 6.18. The number of pyridine rings is 1. The van der Waals surface area contributed by atoms with Gasteiger partial charge in [-0.1, -0.05) is 34.6 Å². The first-order chi connectivity index (χ1) is 9.46. The lowest BCUT2D eigenvalue weighted by Gasteiger charge is -2.38. The Hall–Kier alpha value is -1.38. The maximum atomic E-state index is 12.0. The highest BCUT2D eigenvalue weighted by Gasteiger charge is 2.34. The van der Waals surface area contributed by atoms with Crippen molar-refractivity contribution in [3.05, 3.63) is 30.1 Å². The van der Waals surface area contributed by atoms with Gasteiger partial charge in [0.25, 0.3) is 0 Å². The van der Waals surface area contributed by atoms with Crippen LogP contribution in [0.25, 0.3) is 0 Å². The monoisotopic (exact) mass is 277 g/mol. The van der Waals surface area contributed by atoms with Gasteiger partial charge in [-0.05, 0) is 42.7 Å². The summed E-state index contributed by atoms with van der Waals surface area (Å²) >= 11 is 0. The van der Waals surface area contributed by atoms with Crippen molar-refractivity contribution in [1.82, 2.24) is 4.98 Å². The molecule has 0 amide bonds. The zero-order valence-corrected chi connectivity index (χ0v) is 13.3. The first-order valence-electron chi connectivity index (χ1n) is 7.57. The molecule has 1 heterocycles. The van der Waals surface area contributed by atoms with Gasteiger partial charge in [0.2, 0.25) is 0 Å². The average molecular weight is 277 g/mol. The maximum absolute atomic E-state index is 12.0. The third kappa shape index (κ3) is 4.95. The molecule has 1 aromatic heterocycles. The van der Waals surface area contributed by atoms with Crippen LogP contribution in [0.5, 0.6) is 0 Å². The Labute approximate surface area is 122 Å². The summed E-state index contributed by atoms with van der Waals surface area (Å²) in [5.74, 6) is 0.360. The molecule has 0 aliphatic heterocycles. The predicted molar refractivity (Wildman–Crippen MR) is 81.6 cm³/mol. The zero-order valence-electron chi connectivity index (χ0n) is 13.3. The highest BCUT2D eigenvalue weighted by atomic mass is 16.5. The van der Waals surface area contributed by atoms with Crippen LogP contribution in [0.1, 0.15) is 64.2 Å². The van der Waals surface area contributed by atoms with Gasteiger partial charge in [0, 0.05) is 12.4 Å². The Kier molecular flexibility index (Phi) is 6.18. The first-order valence-corrected chi connectivity index (χ1v) is 7.57. The van der Waals surface area contributed by atoms with Crippen molar-refractivity contribution in [3.8, 4) is 0 Å². The highest BCUT2D eigenvalue weighted by molar-refractivity contribution is 5.89. The molecule has 3 heteroatoms. The van der Waals surface area contributed by atoms with Crippen LogP contribution in [0.4, 0.5) is 0 Å². The third-order valence-corrected chi connectivity index (χ3v) is 3.52. The van der Waals surface area contributed by atoms with E-state index in [0.717, 1.165) is 12.8 Å². The van der Waals surface area contributed by atoms with Crippen molar-refractivity contribution in [1.29, 1.82) is 0 Å². The van der Waals surface area contributed by atoms with Crippen LogP contribution in [-0.2, 0) is 4.74 Å². The second kappa shape index (κ2) is 7.41. The van der Waals surface area contributed by atoms with Gasteiger partial charge >= 0.3 is 5.97 Å². The van der Waals surface area contributed by atoms with Gasteiger partial charge in [0.1, 0.15) is 6.10 Å². The minimum Gasteiger partial charge on any atom is -0.459 e. The number of rotatable bonds is 2. The number of ether oxygens (including phenoxy) is 1. The summed E-state index contributed by atoms with van der Waals surface area (Å²) in [7, 11) is 0. The van der Waals surface area contributed by atoms with E-state index in [1.165, 1.54) is 6.42 Å². The molecule has 1 aliphatic carbocycles. The van der Waals surface area contributed by atoms with Crippen LogP contribution in [0.15, 0.2) is 24.5 Å². The number of hydrogen-bond acceptors (Lipinski definition) is 3. The molecule has 0 unspecified atom stereocenters. The van der Waals surface area contributed by atoms with E-state index < -0.39 is 0 Å². The molecule has 0 radical (unpaired) electrons. The Morgan fingerprint density at radius 1 is 1.35 bits per heavy atom. The standard InChI is InChI=1S/C15H21NO2.C2H6/c1-11-7-13(9-15(2,3)8-11)18-14(17)12-5-4-6-16-10-12;1-2/h4-6,10-11,13H,7-9H2,1-3H3;1-2H3/t11-,13-;/m1./s1. The van der Waals surface area contributed by atoms with Crippen LogP contribution in [0, 0.1) is 11.3 Å². The van der Waals surface area contributed by atoms with Crippen molar-refractivity contribution >= 4 is 5.97 Å². The molecular weight excluding hydrogens is 250 g/mol. The third-order valence-electron chi connectivity index (χ3n) is 3.52. The van der Waals surface area contributed by atoms with E-state index in [0.29, 0.717) is 11.5 Å². The number of carbonyl (C=O) groups excluding carboxylic acids is 1. The smallest absolute Gasteiger partial charge is 0.339 e. The summed E-state index contributed by atoms with van der Waals surface area (Å²) in [5, 5.41) is 0. The van der Waals surface area contributed by atoms with Crippen LogP contribution in [0.3, 0.4) is 0 Å². The average Bonchev–Trinajstić information content (AvgIpc) is 2.39. The Balaban J connectivity index is 0.000000956.